The Balaban J connectivity index is 1.85. The topological polar surface area (TPSA) is 55.1 Å². The smallest absolute Gasteiger partial charge is 0.227 e. The number of carbonyl (C=O) groups excluding carboxylic acids is 1. The van der Waals surface area contributed by atoms with E-state index in [1.165, 1.54) is 19.3 Å². The van der Waals surface area contributed by atoms with Gasteiger partial charge in [0.1, 0.15) is 0 Å². The Hall–Kier alpha value is -0.570. The van der Waals surface area contributed by atoms with Crippen molar-refractivity contribution >= 4 is 5.91 Å². The quantitative estimate of drug-likeness (QED) is 0.787. The van der Waals surface area contributed by atoms with Crippen LogP contribution in [0.5, 0.6) is 0 Å². The van der Waals surface area contributed by atoms with Crippen LogP contribution in [0.3, 0.4) is 0 Å². The van der Waals surface area contributed by atoms with Crippen LogP contribution < -0.4 is 11.1 Å². The zero-order valence-corrected chi connectivity index (χ0v) is 11.0. The third-order valence-electron chi connectivity index (χ3n) is 4.88. The van der Waals surface area contributed by atoms with Crippen LogP contribution >= 0.6 is 0 Å². The third-order valence-corrected chi connectivity index (χ3v) is 4.88. The van der Waals surface area contributed by atoms with Crippen LogP contribution in [0.2, 0.25) is 0 Å². The van der Waals surface area contributed by atoms with Gasteiger partial charge in [0.15, 0.2) is 0 Å². The second-order valence-electron chi connectivity index (χ2n) is 6.17. The third kappa shape index (κ3) is 2.82. The molecule has 3 heteroatoms. The molecule has 0 saturated heterocycles. The summed E-state index contributed by atoms with van der Waals surface area (Å²) in [6.45, 7) is 3.65. The van der Waals surface area contributed by atoms with E-state index in [1.54, 1.807) is 0 Å². The largest absolute Gasteiger partial charge is 0.355 e. The molecule has 98 valence electrons. The molecule has 0 aromatic heterocycles. The number of hydrogen-bond acceptors (Lipinski definition) is 2. The first kappa shape index (κ1) is 12.9. The van der Waals surface area contributed by atoms with Crippen LogP contribution in [-0.4, -0.2) is 19.0 Å². The fraction of sp³-hybridized carbons (Fsp3) is 0.929. The standard InChI is InChI=1S/C14H26N2O/c1-11-5-7-14(10-15,8-6-11)13(17)16-9-12-3-2-4-12/h11-12H,2-10,15H2,1H3,(H,16,17). The van der Waals surface area contributed by atoms with Gasteiger partial charge in [0, 0.05) is 13.1 Å². The minimum absolute atomic E-state index is 0.221. The fourth-order valence-corrected chi connectivity index (χ4v) is 2.96. The van der Waals surface area contributed by atoms with Crippen molar-refractivity contribution in [3.63, 3.8) is 0 Å². The summed E-state index contributed by atoms with van der Waals surface area (Å²) in [6, 6.07) is 0. The molecule has 3 N–H and O–H groups in total. The van der Waals surface area contributed by atoms with Crippen molar-refractivity contribution in [2.24, 2.45) is 23.0 Å². The summed E-state index contributed by atoms with van der Waals surface area (Å²) >= 11 is 0. The van der Waals surface area contributed by atoms with Crippen LogP contribution in [0.1, 0.15) is 51.9 Å². The van der Waals surface area contributed by atoms with Crippen LogP contribution in [-0.2, 0) is 4.79 Å². The molecule has 2 saturated carbocycles. The lowest BCUT2D eigenvalue weighted by Crippen LogP contribution is -2.49. The van der Waals surface area contributed by atoms with Gasteiger partial charge in [-0.2, -0.15) is 0 Å². The van der Waals surface area contributed by atoms with Crippen LogP contribution in [0.25, 0.3) is 0 Å². The first-order valence-corrected chi connectivity index (χ1v) is 7.15. The van der Waals surface area contributed by atoms with Crippen LogP contribution in [0.4, 0.5) is 0 Å². The van der Waals surface area contributed by atoms with Crippen molar-refractivity contribution in [3.8, 4) is 0 Å². The van der Waals surface area contributed by atoms with Crippen molar-refractivity contribution in [3.05, 3.63) is 0 Å². The van der Waals surface area contributed by atoms with E-state index >= 15 is 0 Å². The van der Waals surface area contributed by atoms with Gasteiger partial charge in [-0.25, -0.2) is 0 Å². The van der Waals surface area contributed by atoms with Crippen molar-refractivity contribution in [1.29, 1.82) is 0 Å². The summed E-state index contributed by atoms with van der Waals surface area (Å²) in [6.07, 6.45) is 8.14. The lowest BCUT2D eigenvalue weighted by atomic mass is 9.70. The predicted molar refractivity (Wildman–Crippen MR) is 69.5 cm³/mol. The molecule has 0 unspecified atom stereocenters. The van der Waals surface area contributed by atoms with E-state index < -0.39 is 0 Å². The van der Waals surface area contributed by atoms with E-state index in [0.717, 1.165) is 44.1 Å². The number of amides is 1. The van der Waals surface area contributed by atoms with Gasteiger partial charge in [-0.05, 0) is 50.4 Å². The molecule has 0 radical (unpaired) electrons. The molecule has 0 aromatic rings. The number of nitrogens with one attached hydrogen (secondary N) is 1. The fourth-order valence-electron chi connectivity index (χ4n) is 2.96. The van der Waals surface area contributed by atoms with Crippen molar-refractivity contribution in [1.82, 2.24) is 5.32 Å². The number of hydrogen-bond donors (Lipinski definition) is 2. The van der Waals surface area contributed by atoms with E-state index in [2.05, 4.69) is 12.2 Å². The Morgan fingerprint density at radius 2 is 1.94 bits per heavy atom. The number of carbonyl (C=O) groups is 1. The zero-order valence-electron chi connectivity index (χ0n) is 11.0. The van der Waals surface area contributed by atoms with E-state index in [4.69, 9.17) is 5.73 Å². The Kier molecular flexibility index (Phi) is 4.08. The normalized spacial score (nSPS) is 34.1. The van der Waals surface area contributed by atoms with Gasteiger partial charge >= 0.3 is 0 Å². The molecule has 0 heterocycles. The monoisotopic (exact) mass is 238 g/mol. The highest BCUT2D eigenvalue weighted by atomic mass is 16.2. The number of rotatable bonds is 4. The summed E-state index contributed by atoms with van der Waals surface area (Å²) in [7, 11) is 0. The maximum Gasteiger partial charge on any atom is 0.227 e. The van der Waals surface area contributed by atoms with Gasteiger partial charge in [0.25, 0.3) is 0 Å². The van der Waals surface area contributed by atoms with E-state index in [0.29, 0.717) is 6.54 Å². The molecule has 0 spiro atoms. The summed E-state index contributed by atoms with van der Waals surface area (Å²) in [5.41, 5.74) is 5.62. The van der Waals surface area contributed by atoms with Gasteiger partial charge < -0.3 is 11.1 Å². The van der Waals surface area contributed by atoms with Gasteiger partial charge in [0.2, 0.25) is 5.91 Å². The Morgan fingerprint density at radius 1 is 1.29 bits per heavy atom. The molecule has 2 aliphatic carbocycles. The van der Waals surface area contributed by atoms with Gasteiger partial charge in [-0.15, -0.1) is 0 Å². The maximum absolute atomic E-state index is 12.3. The minimum Gasteiger partial charge on any atom is -0.355 e. The summed E-state index contributed by atoms with van der Waals surface area (Å²) < 4.78 is 0. The first-order chi connectivity index (χ1) is 8.16. The highest BCUT2D eigenvalue weighted by molar-refractivity contribution is 5.83. The molecule has 2 rings (SSSR count). The van der Waals surface area contributed by atoms with E-state index in [9.17, 15) is 4.79 Å². The molecule has 17 heavy (non-hydrogen) atoms. The summed E-state index contributed by atoms with van der Waals surface area (Å²) in [5.74, 6) is 1.71. The van der Waals surface area contributed by atoms with E-state index in [1.807, 2.05) is 0 Å². The van der Waals surface area contributed by atoms with Crippen LogP contribution in [0.15, 0.2) is 0 Å². The molecule has 0 aliphatic heterocycles. The highest BCUT2D eigenvalue weighted by Crippen LogP contribution is 2.38. The van der Waals surface area contributed by atoms with Gasteiger partial charge in [0.05, 0.1) is 5.41 Å². The van der Waals surface area contributed by atoms with Crippen molar-refractivity contribution in [2.75, 3.05) is 13.1 Å². The zero-order chi connectivity index (χ0) is 12.3. The highest BCUT2D eigenvalue weighted by Gasteiger charge is 2.39. The lowest BCUT2D eigenvalue weighted by molar-refractivity contribution is -0.133. The van der Waals surface area contributed by atoms with Gasteiger partial charge in [-0.3, -0.25) is 4.79 Å². The summed E-state index contributed by atoms with van der Waals surface area (Å²) in [4.78, 5) is 12.3. The second-order valence-corrected chi connectivity index (χ2v) is 6.17. The molecule has 3 nitrogen and oxygen atoms in total. The SMILES string of the molecule is CC1CCC(CN)(C(=O)NCC2CCC2)CC1. The number of nitrogens with two attached hydrogens (primary N) is 1. The van der Waals surface area contributed by atoms with E-state index in [-0.39, 0.29) is 11.3 Å². The molecule has 0 atom stereocenters. The van der Waals surface area contributed by atoms with Crippen molar-refractivity contribution < 1.29 is 4.79 Å². The Morgan fingerprint density at radius 3 is 2.41 bits per heavy atom. The van der Waals surface area contributed by atoms with Gasteiger partial charge in [-0.1, -0.05) is 13.3 Å². The average Bonchev–Trinajstić information content (AvgIpc) is 2.28. The molecular weight excluding hydrogens is 212 g/mol. The first-order valence-electron chi connectivity index (χ1n) is 7.15. The lowest BCUT2D eigenvalue weighted by Gasteiger charge is -2.38. The van der Waals surface area contributed by atoms with Crippen LogP contribution in [0, 0.1) is 17.3 Å². The molecule has 2 fully saturated rings. The Labute approximate surface area is 105 Å². The molecule has 1 amide bonds. The van der Waals surface area contributed by atoms with Crippen molar-refractivity contribution in [2.45, 2.75) is 51.9 Å². The Bertz CT molecular complexity index is 265. The predicted octanol–water partition coefficient (Wildman–Crippen LogP) is 2.06. The average molecular weight is 238 g/mol. The summed E-state index contributed by atoms with van der Waals surface area (Å²) in [5, 5.41) is 3.14. The second kappa shape index (κ2) is 5.38. The molecular formula is C14H26N2O. The molecule has 2 aliphatic rings. The maximum atomic E-state index is 12.3. The minimum atomic E-state index is -0.254. The molecule has 0 aromatic carbocycles. The molecule has 0 bridgehead atoms.